The lowest BCUT2D eigenvalue weighted by Gasteiger charge is -2.32. The number of nitrogens with zero attached hydrogens (tertiary/aromatic N) is 2. The number of sulfonamides is 1. The van der Waals surface area contributed by atoms with Crippen LogP contribution in [0.3, 0.4) is 0 Å². The van der Waals surface area contributed by atoms with E-state index in [0.29, 0.717) is 28.6 Å². The minimum atomic E-state index is -4.47. The number of unbranched alkanes of at least 4 members (excludes halogenated alkanes) is 1. The Labute approximate surface area is 280 Å². The second-order valence-electron chi connectivity index (χ2n) is 10.2. The summed E-state index contributed by atoms with van der Waals surface area (Å²) >= 11 is 12.4. The largest absolute Gasteiger partial charge is 0.497 e. The molecule has 3 rings (SSSR count). The fraction of sp³-hybridized carbons (Fsp3) is 0.375. The molecule has 11 nitrogen and oxygen atoms in total. The van der Waals surface area contributed by atoms with E-state index in [1.807, 2.05) is 6.92 Å². The Hall–Kier alpha value is -3.87. The number of ether oxygens (including phenoxy) is 4. The molecular formula is C32H39Cl2N3O8S. The molecule has 0 aliphatic carbocycles. The first kappa shape index (κ1) is 36.6. The zero-order valence-electron chi connectivity index (χ0n) is 26.6. The molecular weight excluding hydrogens is 657 g/mol. The van der Waals surface area contributed by atoms with Crippen molar-refractivity contribution in [1.82, 2.24) is 10.2 Å². The van der Waals surface area contributed by atoms with E-state index < -0.39 is 34.4 Å². The first-order chi connectivity index (χ1) is 21.9. The van der Waals surface area contributed by atoms with Crippen molar-refractivity contribution >= 4 is 50.7 Å². The molecule has 3 aromatic rings. The number of halogens is 2. The van der Waals surface area contributed by atoms with Crippen molar-refractivity contribution in [3.05, 3.63) is 70.2 Å². The van der Waals surface area contributed by atoms with Gasteiger partial charge in [-0.3, -0.25) is 13.9 Å². The topological polar surface area (TPSA) is 124 Å². The van der Waals surface area contributed by atoms with E-state index in [1.54, 1.807) is 31.2 Å². The molecule has 0 unspecified atom stereocenters. The fourth-order valence-electron chi connectivity index (χ4n) is 4.56. The molecule has 0 saturated carbocycles. The predicted octanol–water partition coefficient (Wildman–Crippen LogP) is 5.56. The third-order valence-electron chi connectivity index (χ3n) is 7.21. The van der Waals surface area contributed by atoms with Gasteiger partial charge in [0, 0.05) is 25.2 Å². The molecule has 0 aromatic heterocycles. The Kier molecular flexibility index (Phi) is 13.2. The van der Waals surface area contributed by atoms with Gasteiger partial charge in [0.15, 0.2) is 11.5 Å². The fourth-order valence-corrected chi connectivity index (χ4v) is 6.32. The van der Waals surface area contributed by atoms with Crippen LogP contribution < -0.4 is 28.6 Å². The second-order valence-corrected chi connectivity index (χ2v) is 12.8. The molecule has 0 bridgehead atoms. The molecule has 0 heterocycles. The standard InChI is InChI=1S/C32H39Cl2N3O8S/c1-7-8-15-35-32(39)21(2)36(19-22-9-12-25(33)26(34)16-22)31(38)20-37(27-17-23(42-3)10-13-28(27)43-4)46(40,41)24-11-14-29(44-5)30(18-24)45-6/h9-14,16-18,21H,7-8,15,19-20H2,1-6H3,(H,35,39)/t21-/m1/s1. The van der Waals surface area contributed by atoms with Crippen LogP contribution in [0.2, 0.25) is 10.0 Å². The molecule has 2 amide bonds. The lowest BCUT2D eigenvalue weighted by molar-refractivity contribution is -0.139. The van der Waals surface area contributed by atoms with Gasteiger partial charge in [-0.2, -0.15) is 0 Å². The summed E-state index contributed by atoms with van der Waals surface area (Å²) in [6, 6.07) is 12.6. The van der Waals surface area contributed by atoms with Crippen molar-refractivity contribution in [2.75, 3.05) is 45.8 Å². The number of hydrogen-bond donors (Lipinski definition) is 1. The first-order valence-electron chi connectivity index (χ1n) is 14.4. The summed E-state index contributed by atoms with van der Waals surface area (Å²) in [4.78, 5) is 28.6. The van der Waals surface area contributed by atoms with Gasteiger partial charge in [-0.05, 0) is 55.3 Å². The number of benzene rings is 3. The summed E-state index contributed by atoms with van der Waals surface area (Å²) in [5, 5.41) is 3.44. The molecule has 250 valence electrons. The van der Waals surface area contributed by atoms with E-state index in [1.165, 1.54) is 63.7 Å². The van der Waals surface area contributed by atoms with Gasteiger partial charge in [0.1, 0.15) is 24.1 Å². The van der Waals surface area contributed by atoms with Gasteiger partial charge in [-0.25, -0.2) is 8.42 Å². The third kappa shape index (κ3) is 8.68. The van der Waals surface area contributed by atoms with Crippen LogP contribution in [0, 0.1) is 0 Å². The third-order valence-corrected chi connectivity index (χ3v) is 9.71. The van der Waals surface area contributed by atoms with E-state index in [2.05, 4.69) is 5.32 Å². The number of rotatable bonds is 16. The van der Waals surface area contributed by atoms with Crippen molar-refractivity contribution < 1.29 is 37.0 Å². The minimum Gasteiger partial charge on any atom is -0.497 e. The molecule has 1 atom stereocenters. The van der Waals surface area contributed by atoms with Crippen LogP contribution in [0.25, 0.3) is 0 Å². The number of nitrogens with one attached hydrogen (secondary N) is 1. The average molecular weight is 697 g/mol. The molecule has 1 N–H and O–H groups in total. The summed E-state index contributed by atoms with van der Waals surface area (Å²) < 4.78 is 51.2. The van der Waals surface area contributed by atoms with Gasteiger partial charge < -0.3 is 29.2 Å². The highest BCUT2D eigenvalue weighted by molar-refractivity contribution is 7.92. The maximum atomic E-state index is 14.4. The zero-order valence-corrected chi connectivity index (χ0v) is 29.0. The van der Waals surface area contributed by atoms with Crippen molar-refractivity contribution in [3.63, 3.8) is 0 Å². The number of carbonyl (C=O) groups excluding carboxylic acids is 2. The van der Waals surface area contributed by atoms with Crippen molar-refractivity contribution in [2.45, 2.75) is 44.2 Å². The molecule has 46 heavy (non-hydrogen) atoms. The normalized spacial score (nSPS) is 11.7. The van der Waals surface area contributed by atoms with Crippen LogP contribution in [0.5, 0.6) is 23.0 Å². The SMILES string of the molecule is CCCCNC(=O)[C@@H](C)N(Cc1ccc(Cl)c(Cl)c1)C(=O)CN(c1cc(OC)ccc1OC)S(=O)(=O)c1ccc(OC)c(OC)c1. The smallest absolute Gasteiger partial charge is 0.265 e. The van der Waals surface area contributed by atoms with E-state index in [9.17, 15) is 18.0 Å². The first-order valence-corrected chi connectivity index (χ1v) is 16.6. The summed E-state index contributed by atoms with van der Waals surface area (Å²) in [6.07, 6.45) is 1.62. The van der Waals surface area contributed by atoms with Gasteiger partial charge >= 0.3 is 0 Å². The van der Waals surface area contributed by atoms with E-state index in [-0.39, 0.29) is 33.6 Å². The Balaban J connectivity index is 2.16. The van der Waals surface area contributed by atoms with Crippen LogP contribution in [-0.4, -0.2) is 72.7 Å². The van der Waals surface area contributed by atoms with E-state index in [4.69, 9.17) is 42.1 Å². The summed E-state index contributed by atoms with van der Waals surface area (Å²) in [6.45, 7) is 3.24. The van der Waals surface area contributed by atoms with Gasteiger partial charge in [0.05, 0.1) is 49.1 Å². The average Bonchev–Trinajstić information content (AvgIpc) is 3.06. The lowest BCUT2D eigenvalue weighted by atomic mass is 10.1. The molecule has 0 aliphatic heterocycles. The van der Waals surface area contributed by atoms with Crippen molar-refractivity contribution in [1.29, 1.82) is 0 Å². The molecule has 0 aliphatic rings. The number of methoxy groups -OCH3 is 4. The highest BCUT2D eigenvalue weighted by Crippen LogP contribution is 2.38. The van der Waals surface area contributed by atoms with Crippen LogP contribution in [0.15, 0.2) is 59.5 Å². The summed E-state index contributed by atoms with van der Waals surface area (Å²) in [7, 11) is 1.16. The predicted molar refractivity (Wildman–Crippen MR) is 178 cm³/mol. The quantitative estimate of drug-likeness (QED) is 0.193. The molecule has 0 fully saturated rings. The molecule has 0 spiro atoms. The number of hydrogen-bond acceptors (Lipinski definition) is 8. The van der Waals surface area contributed by atoms with Gasteiger partial charge in [-0.1, -0.05) is 42.6 Å². The Morgan fingerprint density at radius 3 is 2.13 bits per heavy atom. The lowest BCUT2D eigenvalue weighted by Crippen LogP contribution is -2.51. The maximum absolute atomic E-state index is 14.4. The summed E-state index contributed by atoms with van der Waals surface area (Å²) in [5.74, 6) is -0.0794. The monoisotopic (exact) mass is 695 g/mol. The van der Waals surface area contributed by atoms with Gasteiger partial charge in [0.2, 0.25) is 11.8 Å². The van der Waals surface area contributed by atoms with E-state index >= 15 is 0 Å². The highest BCUT2D eigenvalue weighted by atomic mass is 35.5. The highest BCUT2D eigenvalue weighted by Gasteiger charge is 2.34. The van der Waals surface area contributed by atoms with Crippen LogP contribution in [0.4, 0.5) is 5.69 Å². The van der Waals surface area contributed by atoms with Gasteiger partial charge in [0.25, 0.3) is 10.0 Å². The maximum Gasteiger partial charge on any atom is 0.265 e. The molecule has 3 aromatic carbocycles. The van der Waals surface area contributed by atoms with Crippen molar-refractivity contribution in [3.8, 4) is 23.0 Å². The number of carbonyl (C=O) groups is 2. The van der Waals surface area contributed by atoms with Crippen LogP contribution in [0.1, 0.15) is 32.3 Å². The zero-order chi connectivity index (χ0) is 34.0. The second kappa shape index (κ2) is 16.6. The van der Waals surface area contributed by atoms with Crippen LogP contribution in [-0.2, 0) is 26.2 Å². The van der Waals surface area contributed by atoms with Crippen LogP contribution >= 0.6 is 23.2 Å². The number of anilines is 1. The Bertz CT molecular complexity index is 1640. The Morgan fingerprint density at radius 2 is 1.52 bits per heavy atom. The molecule has 14 heteroatoms. The number of amides is 2. The van der Waals surface area contributed by atoms with E-state index in [0.717, 1.165) is 17.1 Å². The molecule has 0 radical (unpaired) electrons. The Morgan fingerprint density at radius 1 is 0.848 bits per heavy atom. The molecule has 0 saturated heterocycles. The summed E-state index contributed by atoms with van der Waals surface area (Å²) in [5.41, 5.74) is 0.628. The van der Waals surface area contributed by atoms with Gasteiger partial charge in [-0.15, -0.1) is 0 Å². The van der Waals surface area contributed by atoms with Crippen molar-refractivity contribution in [2.24, 2.45) is 0 Å². The minimum absolute atomic E-state index is 0.0412.